The Kier molecular flexibility index (Phi) is 8.69. The van der Waals surface area contributed by atoms with E-state index in [2.05, 4.69) is 30.8 Å². The quantitative estimate of drug-likeness (QED) is 0.260. The maximum Gasteiger partial charge on any atom is 0.405 e. The number of primary amides is 1. The molecule has 5 rings (SSSR count). The minimum Gasteiger partial charge on any atom is -0.366 e. The number of anilines is 1. The van der Waals surface area contributed by atoms with Crippen LogP contribution in [0.4, 0.5) is 19.0 Å². The molecule has 0 bridgehead atoms. The lowest BCUT2D eigenvalue weighted by atomic mass is 9.94. The number of carbonyl (C=O) groups excluding carboxylic acids is 2. The number of likely N-dealkylation sites (N-methyl/N-ethyl adjacent to an activating group) is 1. The van der Waals surface area contributed by atoms with Crippen molar-refractivity contribution in [2.24, 2.45) is 5.73 Å². The van der Waals surface area contributed by atoms with Gasteiger partial charge in [-0.15, -0.1) is 11.3 Å². The first-order valence-electron chi connectivity index (χ1n) is 14.1. The first-order chi connectivity index (χ1) is 20.5. The molecule has 1 aliphatic heterocycles. The molecule has 4 aromatic rings. The highest BCUT2D eigenvalue weighted by Crippen LogP contribution is 2.35. The molecular formula is C29H33F3N8O2S. The molecule has 0 spiro atoms. The van der Waals surface area contributed by atoms with Gasteiger partial charge in [-0.05, 0) is 62.0 Å². The van der Waals surface area contributed by atoms with Crippen LogP contribution in [0.3, 0.4) is 0 Å². The third kappa shape index (κ3) is 6.34. The summed E-state index contributed by atoms with van der Waals surface area (Å²) in [5.41, 5.74) is 9.07. The number of alkyl halides is 3. The summed E-state index contributed by atoms with van der Waals surface area (Å²) in [7, 11) is 0. The molecule has 4 aromatic heterocycles. The maximum absolute atomic E-state index is 12.9. The zero-order valence-corrected chi connectivity index (χ0v) is 24.9. The molecule has 228 valence electrons. The predicted molar refractivity (Wildman–Crippen MR) is 159 cm³/mol. The number of hydrogen-bond donors (Lipinski definition) is 2. The highest BCUT2D eigenvalue weighted by atomic mass is 32.1. The Balaban J connectivity index is 1.64. The van der Waals surface area contributed by atoms with E-state index in [0.717, 1.165) is 23.7 Å². The van der Waals surface area contributed by atoms with Crippen LogP contribution in [0.15, 0.2) is 42.0 Å². The van der Waals surface area contributed by atoms with Crippen molar-refractivity contribution in [3.8, 4) is 21.8 Å². The number of aromatic nitrogens is 4. The van der Waals surface area contributed by atoms with E-state index in [-0.39, 0.29) is 17.4 Å². The number of hydrogen-bond acceptors (Lipinski definition) is 8. The second-order valence-corrected chi connectivity index (χ2v) is 11.4. The van der Waals surface area contributed by atoms with Crippen molar-refractivity contribution in [3.63, 3.8) is 0 Å². The van der Waals surface area contributed by atoms with E-state index < -0.39 is 30.6 Å². The molecule has 2 atom stereocenters. The Labute approximate surface area is 250 Å². The van der Waals surface area contributed by atoms with Crippen LogP contribution >= 0.6 is 11.3 Å². The average Bonchev–Trinajstić information content (AvgIpc) is 3.62. The number of thiophene rings is 1. The van der Waals surface area contributed by atoms with Crippen molar-refractivity contribution in [3.05, 3.63) is 53.2 Å². The summed E-state index contributed by atoms with van der Waals surface area (Å²) in [5, 5.41) is 8.41. The zero-order chi connectivity index (χ0) is 30.9. The zero-order valence-electron chi connectivity index (χ0n) is 24.1. The summed E-state index contributed by atoms with van der Waals surface area (Å²) < 4.78 is 39.9. The molecule has 5 heterocycles. The van der Waals surface area contributed by atoms with E-state index in [1.165, 1.54) is 6.07 Å². The van der Waals surface area contributed by atoms with Crippen LogP contribution in [0.1, 0.15) is 43.1 Å². The van der Waals surface area contributed by atoms with Crippen LogP contribution < -0.4 is 16.0 Å². The van der Waals surface area contributed by atoms with E-state index in [4.69, 9.17) is 15.7 Å². The van der Waals surface area contributed by atoms with E-state index >= 15 is 0 Å². The summed E-state index contributed by atoms with van der Waals surface area (Å²) in [4.78, 5) is 40.2. The summed E-state index contributed by atoms with van der Waals surface area (Å²) in [6.07, 6.45) is -0.312. The molecule has 0 aromatic carbocycles. The highest BCUT2D eigenvalue weighted by Gasteiger charge is 2.38. The second-order valence-electron chi connectivity index (χ2n) is 10.4. The summed E-state index contributed by atoms with van der Waals surface area (Å²) in [5.74, 6) is -1.16. The number of nitrogens with one attached hydrogen (secondary N) is 1. The van der Waals surface area contributed by atoms with Gasteiger partial charge in [-0.2, -0.15) is 18.3 Å². The number of amides is 2. The van der Waals surface area contributed by atoms with Gasteiger partial charge < -0.3 is 20.9 Å². The molecule has 0 aliphatic carbocycles. The van der Waals surface area contributed by atoms with Gasteiger partial charge in [0.1, 0.15) is 18.4 Å². The SMILES string of the molecule is CCN(CC)[C@@H](C)Cc1c(C(N)=O)cc(N2CC[C@H]2C(=O)NCC(F)(F)F)nc1-c1cnn2ccc(-c3cccs3)nc12. The van der Waals surface area contributed by atoms with Gasteiger partial charge in [0.2, 0.25) is 11.8 Å². The minimum absolute atomic E-state index is 0.0286. The fourth-order valence-corrected chi connectivity index (χ4v) is 6.16. The molecule has 43 heavy (non-hydrogen) atoms. The van der Waals surface area contributed by atoms with Gasteiger partial charge in [-0.1, -0.05) is 19.9 Å². The Morgan fingerprint density at radius 3 is 2.60 bits per heavy atom. The maximum atomic E-state index is 12.9. The highest BCUT2D eigenvalue weighted by molar-refractivity contribution is 7.13. The fourth-order valence-electron chi connectivity index (χ4n) is 5.46. The number of pyridine rings is 1. The number of carbonyl (C=O) groups is 2. The third-order valence-corrected chi connectivity index (χ3v) is 8.68. The van der Waals surface area contributed by atoms with Gasteiger partial charge in [0, 0.05) is 24.3 Å². The Morgan fingerprint density at radius 2 is 2.00 bits per heavy atom. The number of rotatable bonds is 11. The van der Waals surface area contributed by atoms with Crippen LogP contribution in [-0.2, 0) is 11.2 Å². The number of nitrogens with two attached hydrogens (primary N) is 1. The van der Waals surface area contributed by atoms with Crippen LogP contribution in [0, 0.1) is 0 Å². The van der Waals surface area contributed by atoms with Gasteiger partial charge in [0.25, 0.3) is 0 Å². The smallest absolute Gasteiger partial charge is 0.366 e. The largest absolute Gasteiger partial charge is 0.405 e. The molecule has 0 radical (unpaired) electrons. The van der Waals surface area contributed by atoms with Crippen LogP contribution in [0.5, 0.6) is 0 Å². The Morgan fingerprint density at radius 1 is 1.23 bits per heavy atom. The monoisotopic (exact) mass is 614 g/mol. The lowest BCUT2D eigenvalue weighted by Crippen LogP contribution is -2.57. The van der Waals surface area contributed by atoms with Crippen LogP contribution in [0.2, 0.25) is 0 Å². The lowest BCUT2D eigenvalue weighted by Gasteiger charge is -2.41. The lowest BCUT2D eigenvalue weighted by molar-refractivity contribution is -0.139. The molecule has 2 amide bonds. The van der Waals surface area contributed by atoms with E-state index in [0.29, 0.717) is 41.9 Å². The normalized spacial score (nSPS) is 16.0. The standard InChI is InChI=1S/C29H33F3N8O2S/c1-4-38(5-2)17(3)13-18-19(26(33)41)14-24(39-10-9-22(39)28(42)34-16-29(30,31)32)37-25(18)20-15-35-40-11-8-21(36-27(20)40)23-7-6-12-43-23/h6-8,11-12,14-15,17,22H,4-5,9-10,13,16H2,1-3H3,(H2,33,41)(H,34,42)/t17-,22-/m0/s1. The first-order valence-corrected chi connectivity index (χ1v) is 15.0. The van der Waals surface area contributed by atoms with Gasteiger partial charge >= 0.3 is 6.18 Å². The topological polar surface area (TPSA) is 122 Å². The second kappa shape index (κ2) is 12.3. The van der Waals surface area contributed by atoms with Gasteiger partial charge in [-0.25, -0.2) is 14.5 Å². The van der Waals surface area contributed by atoms with Crippen molar-refractivity contribution < 1.29 is 22.8 Å². The van der Waals surface area contributed by atoms with Crippen molar-refractivity contribution in [1.82, 2.24) is 29.8 Å². The molecule has 14 heteroatoms. The summed E-state index contributed by atoms with van der Waals surface area (Å²) in [6, 6.07) is 6.47. The number of nitrogens with zero attached hydrogens (tertiary/aromatic N) is 6. The molecule has 1 aliphatic rings. The molecule has 0 unspecified atom stereocenters. The van der Waals surface area contributed by atoms with Gasteiger partial charge in [0.05, 0.1) is 28.0 Å². The Bertz CT molecular complexity index is 1620. The summed E-state index contributed by atoms with van der Waals surface area (Å²) >= 11 is 1.55. The van der Waals surface area contributed by atoms with E-state index in [1.54, 1.807) is 33.1 Å². The summed E-state index contributed by atoms with van der Waals surface area (Å²) in [6.45, 7) is 6.74. The molecule has 1 fully saturated rings. The van der Waals surface area contributed by atoms with Crippen LogP contribution in [0.25, 0.3) is 27.5 Å². The van der Waals surface area contributed by atoms with E-state index in [1.807, 2.05) is 28.9 Å². The van der Waals surface area contributed by atoms with Gasteiger partial charge in [0.15, 0.2) is 5.65 Å². The minimum atomic E-state index is -4.53. The number of halogens is 3. The molecule has 1 saturated heterocycles. The molecule has 0 saturated carbocycles. The fraction of sp³-hybridized carbons (Fsp3) is 0.414. The van der Waals surface area contributed by atoms with Crippen molar-refractivity contribution in [2.75, 3.05) is 31.1 Å². The predicted octanol–water partition coefficient (Wildman–Crippen LogP) is 4.15. The average molecular weight is 615 g/mol. The third-order valence-electron chi connectivity index (χ3n) is 7.79. The van der Waals surface area contributed by atoms with Crippen molar-refractivity contribution in [1.29, 1.82) is 0 Å². The van der Waals surface area contributed by atoms with Gasteiger partial charge in [-0.3, -0.25) is 9.59 Å². The van der Waals surface area contributed by atoms with Crippen molar-refractivity contribution >= 4 is 34.6 Å². The van der Waals surface area contributed by atoms with E-state index in [9.17, 15) is 22.8 Å². The number of fused-ring (bicyclic) bond motifs is 1. The Hall–Kier alpha value is -4.04. The molecule has 10 nitrogen and oxygen atoms in total. The molecule has 3 N–H and O–H groups in total. The van der Waals surface area contributed by atoms with Crippen molar-refractivity contribution in [2.45, 2.75) is 51.9 Å². The van der Waals surface area contributed by atoms with Crippen LogP contribution in [-0.4, -0.2) is 80.7 Å². The first kappa shape index (κ1) is 30.4. The molecular weight excluding hydrogens is 581 g/mol.